The molecule has 6 nitrogen and oxygen atoms in total. The van der Waals surface area contributed by atoms with Crippen LogP contribution in [0.1, 0.15) is 12.5 Å². The number of rotatable bonds is 4. The molecule has 0 radical (unpaired) electrons. The number of hydrogen-bond donors (Lipinski definition) is 1. The largest absolute Gasteiger partial charge is 0.361 e. The predicted octanol–water partition coefficient (Wildman–Crippen LogP) is 1.78. The van der Waals surface area contributed by atoms with Crippen LogP contribution in [0.15, 0.2) is 52.1 Å². The summed E-state index contributed by atoms with van der Waals surface area (Å²) in [6.07, 6.45) is 4.44. The van der Waals surface area contributed by atoms with E-state index in [1.54, 1.807) is 0 Å². The van der Waals surface area contributed by atoms with Crippen molar-refractivity contribution >= 4 is 11.5 Å². The van der Waals surface area contributed by atoms with Crippen LogP contribution in [-0.4, -0.2) is 22.7 Å². The maximum Gasteiger partial charge on any atom is 0.331 e. The van der Waals surface area contributed by atoms with Crippen molar-refractivity contribution in [1.29, 1.82) is 0 Å². The molecule has 1 aromatic heterocycles. The summed E-state index contributed by atoms with van der Waals surface area (Å²) in [7, 11) is 0. The molecule has 0 unspecified atom stereocenters. The number of fused-ring (bicyclic) bond motifs is 1. The molecule has 6 heteroatoms. The summed E-state index contributed by atoms with van der Waals surface area (Å²) < 4.78 is 6.91. The van der Waals surface area contributed by atoms with Crippen molar-refractivity contribution in [1.82, 2.24) is 9.55 Å². The molecule has 0 fully saturated rings. The van der Waals surface area contributed by atoms with Gasteiger partial charge in [-0.1, -0.05) is 30.4 Å². The number of anilines is 2. The average molecular weight is 313 g/mol. The Labute approximate surface area is 133 Å². The summed E-state index contributed by atoms with van der Waals surface area (Å²) in [6, 6.07) is 9.71. The number of hydrogen-bond acceptors (Lipinski definition) is 4. The fourth-order valence-electron chi connectivity index (χ4n) is 2.70. The quantitative estimate of drug-likeness (QED) is 0.874. The van der Waals surface area contributed by atoms with Gasteiger partial charge in [0.2, 0.25) is 0 Å². The molecule has 1 aliphatic rings. The molecule has 0 spiro atoms. The highest BCUT2D eigenvalue weighted by atomic mass is 16.5. The summed E-state index contributed by atoms with van der Waals surface area (Å²) in [5, 5.41) is 0. The minimum absolute atomic E-state index is 0.109. The van der Waals surface area contributed by atoms with Gasteiger partial charge in [0.25, 0.3) is 5.56 Å². The molecule has 120 valence electrons. The van der Waals surface area contributed by atoms with Crippen LogP contribution >= 0.6 is 0 Å². The van der Waals surface area contributed by atoms with Gasteiger partial charge in [-0.15, -0.1) is 0 Å². The van der Waals surface area contributed by atoms with Gasteiger partial charge in [-0.2, -0.15) is 0 Å². The Kier molecular flexibility index (Phi) is 4.43. The molecular weight excluding hydrogens is 294 g/mol. The van der Waals surface area contributed by atoms with Crippen LogP contribution in [0.5, 0.6) is 0 Å². The number of aromatic amines is 1. The Balaban J connectivity index is 2.23. The van der Waals surface area contributed by atoms with Crippen molar-refractivity contribution in [2.45, 2.75) is 20.1 Å². The zero-order chi connectivity index (χ0) is 16.2. The van der Waals surface area contributed by atoms with E-state index in [1.807, 2.05) is 54.3 Å². The summed E-state index contributed by atoms with van der Waals surface area (Å²) in [5.41, 5.74) is 0.702. The van der Waals surface area contributed by atoms with E-state index >= 15 is 0 Å². The van der Waals surface area contributed by atoms with E-state index in [-0.39, 0.29) is 12.3 Å². The molecule has 1 N–H and O–H groups in total. The van der Waals surface area contributed by atoms with Crippen molar-refractivity contribution in [3.05, 3.63) is 68.9 Å². The van der Waals surface area contributed by atoms with Crippen molar-refractivity contribution in [3.8, 4) is 0 Å². The van der Waals surface area contributed by atoms with Gasteiger partial charge in [0.15, 0.2) is 0 Å². The number of para-hydroxylation sites is 1. The number of aromatic nitrogens is 2. The van der Waals surface area contributed by atoms with Gasteiger partial charge < -0.3 is 9.64 Å². The van der Waals surface area contributed by atoms with Gasteiger partial charge in [0, 0.05) is 18.8 Å². The minimum atomic E-state index is -0.454. The number of ether oxygens (including phenoxy) is 1. The van der Waals surface area contributed by atoms with E-state index in [2.05, 4.69) is 4.98 Å². The number of nitrogens with one attached hydrogen (secondary N) is 1. The Hall–Kier alpha value is -2.60. The van der Waals surface area contributed by atoms with Crippen molar-refractivity contribution in [3.63, 3.8) is 0 Å². The van der Waals surface area contributed by atoms with Crippen molar-refractivity contribution in [2.24, 2.45) is 0 Å². The molecule has 23 heavy (non-hydrogen) atoms. The zero-order valence-corrected chi connectivity index (χ0v) is 13.0. The van der Waals surface area contributed by atoms with E-state index in [0.29, 0.717) is 31.0 Å². The molecule has 2 aromatic rings. The Bertz CT molecular complexity index is 821. The highest BCUT2D eigenvalue weighted by molar-refractivity contribution is 5.64. The second-order valence-corrected chi connectivity index (χ2v) is 5.23. The molecule has 0 bridgehead atoms. The first kappa shape index (κ1) is 15.3. The van der Waals surface area contributed by atoms with E-state index in [0.717, 1.165) is 5.69 Å². The van der Waals surface area contributed by atoms with Crippen LogP contribution in [0.3, 0.4) is 0 Å². The summed E-state index contributed by atoms with van der Waals surface area (Å²) in [4.78, 5) is 28.9. The lowest BCUT2D eigenvalue weighted by atomic mass is 10.2. The normalized spacial score (nSPS) is 13.7. The monoisotopic (exact) mass is 313 g/mol. The highest BCUT2D eigenvalue weighted by Crippen LogP contribution is 2.28. The SMILES string of the molecule is CCOCn1c2c(c(=O)[nH]c1=O)CC=CCN2c1ccccc1. The molecule has 1 aromatic carbocycles. The number of allylic oxidation sites excluding steroid dienone is 1. The molecule has 0 atom stereocenters. The third-order valence-corrected chi connectivity index (χ3v) is 3.79. The molecule has 3 rings (SSSR count). The van der Waals surface area contributed by atoms with Crippen molar-refractivity contribution in [2.75, 3.05) is 18.1 Å². The fourth-order valence-corrected chi connectivity index (χ4v) is 2.70. The first-order valence-electron chi connectivity index (χ1n) is 7.63. The first-order chi connectivity index (χ1) is 11.2. The van der Waals surface area contributed by atoms with E-state index < -0.39 is 5.69 Å². The van der Waals surface area contributed by atoms with Crippen LogP contribution in [0.2, 0.25) is 0 Å². The molecule has 0 aliphatic carbocycles. The third kappa shape index (κ3) is 2.98. The summed E-state index contributed by atoms with van der Waals surface area (Å²) >= 11 is 0. The highest BCUT2D eigenvalue weighted by Gasteiger charge is 2.22. The topological polar surface area (TPSA) is 67.3 Å². The van der Waals surface area contributed by atoms with Gasteiger partial charge in [0.05, 0.1) is 5.56 Å². The molecule has 0 amide bonds. The molecule has 0 saturated carbocycles. The first-order valence-corrected chi connectivity index (χ1v) is 7.63. The maximum absolute atomic E-state index is 12.3. The Morgan fingerprint density at radius 3 is 2.70 bits per heavy atom. The van der Waals surface area contributed by atoms with Gasteiger partial charge in [-0.05, 0) is 25.5 Å². The lowest BCUT2D eigenvalue weighted by Gasteiger charge is -2.27. The zero-order valence-electron chi connectivity index (χ0n) is 13.0. The third-order valence-electron chi connectivity index (χ3n) is 3.79. The van der Waals surface area contributed by atoms with Crippen LogP contribution in [0.25, 0.3) is 0 Å². The summed E-state index contributed by atoms with van der Waals surface area (Å²) in [6.45, 7) is 3.06. The lowest BCUT2D eigenvalue weighted by Crippen LogP contribution is -2.37. The van der Waals surface area contributed by atoms with Gasteiger partial charge in [-0.25, -0.2) is 4.79 Å². The second kappa shape index (κ2) is 6.66. The van der Waals surface area contributed by atoms with Gasteiger partial charge >= 0.3 is 5.69 Å². The number of H-pyrrole nitrogens is 1. The standard InChI is InChI=1S/C17H19N3O3/c1-2-23-12-20-16-14(15(21)18-17(20)22)10-6-7-11-19(16)13-8-4-3-5-9-13/h3-9H,2,10-12H2,1H3,(H,18,21,22). The Morgan fingerprint density at radius 1 is 1.17 bits per heavy atom. The van der Waals surface area contributed by atoms with Crippen LogP contribution in [-0.2, 0) is 17.9 Å². The fraction of sp³-hybridized carbons (Fsp3) is 0.294. The summed E-state index contributed by atoms with van der Waals surface area (Å²) in [5.74, 6) is 0.600. The van der Waals surface area contributed by atoms with Crippen LogP contribution in [0, 0.1) is 0 Å². The number of nitrogens with zero attached hydrogens (tertiary/aromatic N) is 2. The molecule has 2 heterocycles. The van der Waals surface area contributed by atoms with Crippen LogP contribution in [0.4, 0.5) is 11.5 Å². The van der Waals surface area contributed by atoms with Gasteiger partial charge in [0.1, 0.15) is 12.5 Å². The predicted molar refractivity (Wildman–Crippen MR) is 89.2 cm³/mol. The van der Waals surface area contributed by atoms with E-state index in [4.69, 9.17) is 4.74 Å². The van der Waals surface area contributed by atoms with Crippen LogP contribution < -0.4 is 16.1 Å². The smallest absolute Gasteiger partial charge is 0.331 e. The Morgan fingerprint density at radius 2 is 1.96 bits per heavy atom. The minimum Gasteiger partial charge on any atom is -0.361 e. The van der Waals surface area contributed by atoms with E-state index in [1.165, 1.54) is 4.57 Å². The average Bonchev–Trinajstić information content (AvgIpc) is 2.79. The molecular formula is C17H19N3O3. The van der Waals surface area contributed by atoms with E-state index in [9.17, 15) is 9.59 Å². The lowest BCUT2D eigenvalue weighted by molar-refractivity contribution is 0.0852. The molecule has 0 saturated heterocycles. The van der Waals surface area contributed by atoms with Crippen molar-refractivity contribution < 1.29 is 4.74 Å². The number of benzene rings is 1. The molecule has 1 aliphatic heterocycles. The second-order valence-electron chi connectivity index (χ2n) is 5.23. The maximum atomic E-state index is 12.3. The van der Waals surface area contributed by atoms with Gasteiger partial charge in [-0.3, -0.25) is 14.3 Å².